The summed E-state index contributed by atoms with van der Waals surface area (Å²) >= 11 is 5.73. The van der Waals surface area contributed by atoms with Crippen molar-refractivity contribution in [2.75, 3.05) is 4.90 Å². The molecule has 3 aromatic carbocycles. The van der Waals surface area contributed by atoms with Crippen LogP contribution in [0.1, 0.15) is 41.3 Å². The summed E-state index contributed by atoms with van der Waals surface area (Å²) in [6, 6.07) is 26.5. The highest BCUT2D eigenvalue weighted by atomic mass is 32.9. The SMILES string of the molecule is Cc1ccc2c(c1)-c1c(ssc1=S)C(C)(C)N2C(=O)C(c1ccccc1)c1ccccc1. The third kappa shape index (κ3) is 3.36. The molecule has 0 bridgehead atoms. The molecule has 1 aliphatic rings. The molecule has 0 saturated carbocycles. The van der Waals surface area contributed by atoms with Crippen LogP contribution in [0.2, 0.25) is 0 Å². The first kappa shape index (κ1) is 21.3. The molecule has 0 fully saturated rings. The van der Waals surface area contributed by atoms with Crippen LogP contribution in [0.3, 0.4) is 0 Å². The van der Waals surface area contributed by atoms with Crippen molar-refractivity contribution in [2.45, 2.75) is 32.2 Å². The van der Waals surface area contributed by atoms with Gasteiger partial charge in [0.25, 0.3) is 0 Å². The van der Waals surface area contributed by atoms with Crippen molar-refractivity contribution in [1.29, 1.82) is 0 Å². The van der Waals surface area contributed by atoms with Gasteiger partial charge in [-0.25, -0.2) is 0 Å². The summed E-state index contributed by atoms with van der Waals surface area (Å²) in [5, 5.41) is 0. The molecule has 0 saturated heterocycles. The van der Waals surface area contributed by atoms with E-state index in [1.807, 2.05) is 65.6 Å². The van der Waals surface area contributed by atoms with Gasteiger partial charge in [0.1, 0.15) is 3.82 Å². The molecule has 1 amide bonds. The summed E-state index contributed by atoms with van der Waals surface area (Å²) in [5.41, 5.74) is 5.78. The van der Waals surface area contributed by atoms with Crippen LogP contribution in [0.25, 0.3) is 11.1 Å². The van der Waals surface area contributed by atoms with Crippen molar-refractivity contribution < 1.29 is 4.79 Å². The van der Waals surface area contributed by atoms with E-state index in [1.54, 1.807) is 20.7 Å². The first-order valence-electron chi connectivity index (χ1n) is 10.6. The molecule has 160 valence electrons. The van der Waals surface area contributed by atoms with E-state index in [4.69, 9.17) is 12.2 Å². The minimum Gasteiger partial charge on any atom is -0.300 e. The smallest absolute Gasteiger partial charge is 0.239 e. The fraction of sp³-hybridized carbons (Fsp3) is 0.185. The zero-order valence-corrected chi connectivity index (χ0v) is 20.6. The molecular formula is C27H23NOS3. The number of hydrogen-bond donors (Lipinski definition) is 0. The summed E-state index contributed by atoms with van der Waals surface area (Å²) in [6.45, 7) is 6.36. The number of carbonyl (C=O) groups excluding carboxylic acids is 1. The van der Waals surface area contributed by atoms with Gasteiger partial charge in [-0.1, -0.05) is 105 Å². The lowest BCUT2D eigenvalue weighted by Gasteiger charge is -2.44. The third-order valence-corrected chi connectivity index (χ3v) is 9.47. The van der Waals surface area contributed by atoms with Gasteiger partial charge < -0.3 is 4.90 Å². The van der Waals surface area contributed by atoms with Gasteiger partial charge in [-0.05, 0) is 44.0 Å². The van der Waals surface area contributed by atoms with Crippen LogP contribution in [-0.4, -0.2) is 5.91 Å². The molecule has 1 aromatic heterocycles. The molecule has 0 N–H and O–H groups in total. The average molecular weight is 474 g/mol. The maximum Gasteiger partial charge on any atom is 0.239 e. The molecule has 5 rings (SSSR count). The Balaban J connectivity index is 1.74. The van der Waals surface area contributed by atoms with Gasteiger partial charge in [0.15, 0.2) is 0 Å². The van der Waals surface area contributed by atoms with Crippen LogP contribution in [0, 0.1) is 10.7 Å². The number of fused-ring (bicyclic) bond motifs is 3. The van der Waals surface area contributed by atoms with Crippen molar-refractivity contribution in [2.24, 2.45) is 0 Å². The standard InChI is InChI=1S/C27H23NOS3/c1-17-14-15-21-20(16-17)23-24(31-32-26(23)30)27(2,3)28(21)25(29)22(18-10-6-4-7-11-18)19-12-8-5-9-13-19/h4-16,22H,1-3H3. The Labute approximate surface area is 201 Å². The van der Waals surface area contributed by atoms with Crippen LogP contribution in [0.5, 0.6) is 0 Å². The minimum absolute atomic E-state index is 0.0764. The number of aryl methyl sites for hydroxylation is 1. The van der Waals surface area contributed by atoms with Gasteiger partial charge in [0.2, 0.25) is 5.91 Å². The number of benzene rings is 3. The molecule has 2 nitrogen and oxygen atoms in total. The Morgan fingerprint density at radius 1 is 0.906 bits per heavy atom. The van der Waals surface area contributed by atoms with E-state index in [1.165, 1.54) is 4.88 Å². The molecule has 4 aromatic rings. The van der Waals surface area contributed by atoms with Crippen molar-refractivity contribution in [3.05, 3.63) is 104 Å². The normalized spacial score (nSPS) is 14.2. The van der Waals surface area contributed by atoms with Crippen LogP contribution in [0.15, 0.2) is 78.9 Å². The van der Waals surface area contributed by atoms with Gasteiger partial charge in [-0.2, -0.15) is 0 Å². The molecule has 2 heterocycles. The molecule has 0 aliphatic carbocycles. The maximum atomic E-state index is 14.5. The number of carbonyl (C=O) groups is 1. The van der Waals surface area contributed by atoms with E-state index >= 15 is 0 Å². The number of rotatable bonds is 3. The Bertz CT molecular complexity index is 1310. The van der Waals surface area contributed by atoms with Crippen LogP contribution in [-0.2, 0) is 10.3 Å². The molecule has 32 heavy (non-hydrogen) atoms. The highest BCUT2D eigenvalue weighted by Gasteiger charge is 2.45. The molecule has 0 atom stereocenters. The minimum atomic E-state index is -0.505. The van der Waals surface area contributed by atoms with E-state index in [0.29, 0.717) is 0 Å². The van der Waals surface area contributed by atoms with Gasteiger partial charge >= 0.3 is 0 Å². The first-order valence-corrected chi connectivity index (χ1v) is 13.1. The predicted molar refractivity (Wildman–Crippen MR) is 138 cm³/mol. The molecule has 0 radical (unpaired) electrons. The first-order chi connectivity index (χ1) is 15.4. The lowest BCUT2D eigenvalue weighted by Crippen LogP contribution is -2.49. The van der Waals surface area contributed by atoms with Gasteiger partial charge in [0, 0.05) is 11.1 Å². The Morgan fingerprint density at radius 2 is 1.50 bits per heavy atom. The van der Waals surface area contributed by atoms with Crippen LogP contribution >= 0.6 is 32.9 Å². The van der Waals surface area contributed by atoms with Crippen LogP contribution < -0.4 is 4.90 Å². The Kier molecular flexibility index (Phi) is 5.36. The molecule has 0 unspecified atom stereocenters. The Hall–Kier alpha value is -2.60. The fourth-order valence-electron chi connectivity index (χ4n) is 4.64. The number of amides is 1. The van der Waals surface area contributed by atoms with Gasteiger partial charge in [-0.15, -0.1) is 0 Å². The molecule has 0 spiro atoms. The highest BCUT2D eigenvalue weighted by molar-refractivity contribution is 7.80. The third-order valence-electron chi connectivity index (χ3n) is 6.14. The zero-order valence-electron chi connectivity index (χ0n) is 18.2. The van der Waals surface area contributed by atoms with E-state index in [0.717, 1.165) is 37.3 Å². The van der Waals surface area contributed by atoms with E-state index in [9.17, 15) is 4.79 Å². The monoisotopic (exact) mass is 473 g/mol. The zero-order chi connectivity index (χ0) is 22.5. The summed E-state index contributed by atoms with van der Waals surface area (Å²) in [4.78, 5) is 17.7. The quantitative estimate of drug-likeness (QED) is 0.222. The van der Waals surface area contributed by atoms with E-state index in [2.05, 4.69) is 39.0 Å². The average Bonchev–Trinajstić information content (AvgIpc) is 3.19. The van der Waals surface area contributed by atoms with E-state index in [-0.39, 0.29) is 11.8 Å². The van der Waals surface area contributed by atoms with Crippen molar-refractivity contribution >= 4 is 44.5 Å². The summed E-state index contributed by atoms with van der Waals surface area (Å²) < 4.78 is 0.902. The van der Waals surface area contributed by atoms with Gasteiger partial charge in [0.05, 0.1) is 22.0 Å². The van der Waals surface area contributed by atoms with Crippen molar-refractivity contribution in [3.8, 4) is 11.1 Å². The predicted octanol–water partition coefficient (Wildman–Crippen LogP) is 7.93. The second-order valence-corrected chi connectivity index (χ2v) is 11.5. The van der Waals surface area contributed by atoms with Gasteiger partial charge in [-0.3, -0.25) is 4.79 Å². The van der Waals surface area contributed by atoms with E-state index < -0.39 is 5.54 Å². The summed E-state index contributed by atoms with van der Waals surface area (Å²) in [6.07, 6.45) is 0. The maximum absolute atomic E-state index is 14.5. The highest BCUT2D eigenvalue weighted by Crippen LogP contribution is 2.53. The lowest BCUT2D eigenvalue weighted by atomic mass is 9.83. The van der Waals surface area contributed by atoms with Crippen molar-refractivity contribution in [1.82, 2.24) is 0 Å². The summed E-state index contributed by atoms with van der Waals surface area (Å²) in [5.74, 6) is -0.313. The molecular weight excluding hydrogens is 451 g/mol. The lowest BCUT2D eigenvalue weighted by molar-refractivity contribution is -0.120. The Morgan fingerprint density at radius 3 is 2.09 bits per heavy atom. The molecule has 1 aliphatic heterocycles. The second kappa shape index (κ2) is 8.07. The number of anilines is 1. The van der Waals surface area contributed by atoms with Crippen molar-refractivity contribution in [3.63, 3.8) is 0 Å². The fourth-order valence-corrected chi connectivity index (χ4v) is 7.92. The number of hydrogen-bond acceptors (Lipinski definition) is 4. The summed E-state index contributed by atoms with van der Waals surface area (Å²) in [7, 11) is 3.32. The second-order valence-electron chi connectivity index (χ2n) is 8.67. The van der Waals surface area contributed by atoms with Crippen LogP contribution in [0.4, 0.5) is 5.69 Å². The molecule has 5 heteroatoms. The topological polar surface area (TPSA) is 20.3 Å². The number of nitrogens with zero attached hydrogens (tertiary/aromatic N) is 1. The largest absolute Gasteiger partial charge is 0.300 e.